The minimum absolute atomic E-state index is 0.00189. The Bertz CT molecular complexity index is 869. The largest absolute Gasteiger partial charge is 0.363 e. The minimum Gasteiger partial charge on any atom is -0.363 e. The molecule has 1 aliphatic rings. The summed E-state index contributed by atoms with van der Waals surface area (Å²) in [5.74, 6) is -0.324. The molecule has 0 saturated heterocycles. The average Bonchev–Trinajstić information content (AvgIpc) is 2.62. The molecule has 1 aromatic carbocycles. The van der Waals surface area contributed by atoms with Gasteiger partial charge in [-0.05, 0) is 63.1 Å². The first-order chi connectivity index (χ1) is 12.4. The Morgan fingerprint density at radius 2 is 2.12 bits per heavy atom. The lowest BCUT2D eigenvalue weighted by Crippen LogP contribution is -2.44. The third-order valence-corrected chi connectivity index (χ3v) is 4.60. The number of pyridine rings is 1. The quantitative estimate of drug-likeness (QED) is 0.674. The number of nitrogens with zero attached hydrogens (tertiary/aromatic N) is 3. The molecule has 1 aliphatic heterocycles. The van der Waals surface area contributed by atoms with Gasteiger partial charge in [-0.25, -0.2) is 5.43 Å². The fraction of sp³-hybridized carbons (Fsp3) is 0.286. The van der Waals surface area contributed by atoms with Gasteiger partial charge in [-0.2, -0.15) is 5.10 Å². The number of fused-ring (bicyclic) bond motifs is 1. The molecular weight excluding hydrogens is 324 g/mol. The van der Waals surface area contributed by atoms with Gasteiger partial charge in [0.15, 0.2) is 0 Å². The molecule has 0 spiro atoms. The summed E-state index contributed by atoms with van der Waals surface area (Å²) in [6, 6.07) is 11.4. The van der Waals surface area contributed by atoms with Crippen LogP contribution in [0, 0.1) is 0 Å². The van der Waals surface area contributed by atoms with E-state index in [0.29, 0.717) is 5.69 Å². The second-order valence-corrected chi connectivity index (χ2v) is 6.92. The zero-order valence-electron chi connectivity index (χ0n) is 15.7. The van der Waals surface area contributed by atoms with E-state index >= 15 is 0 Å². The highest BCUT2D eigenvalue weighted by atomic mass is 16.2. The van der Waals surface area contributed by atoms with E-state index in [2.05, 4.69) is 66.3 Å². The van der Waals surface area contributed by atoms with Crippen molar-refractivity contribution in [3.63, 3.8) is 0 Å². The summed E-state index contributed by atoms with van der Waals surface area (Å²) < 4.78 is 0. The summed E-state index contributed by atoms with van der Waals surface area (Å²) in [6.45, 7) is 9.70. The number of amides is 1. The van der Waals surface area contributed by atoms with Crippen molar-refractivity contribution < 1.29 is 4.79 Å². The molecule has 26 heavy (non-hydrogen) atoms. The molecule has 0 saturated carbocycles. The number of anilines is 1. The Morgan fingerprint density at radius 1 is 1.31 bits per heavy atom. The van der Waals surface area contributed by atoms with Gasteiger partial charge in [0.25, 0.3) is 5.91 Å². The van der Waals surface area contributed by atoms with Crippen LogP contribution in [0.3, 0.4) is 0 Å². The summed E-state index contributed by atoms with van der Waals surface area (Å²) in [6.07, 6.45) is 5.53. The number of hydrazone groups is 1. The standard InChI is InChI=1S/C21H24N4O/c1-5-25-19-10-9-16(12-17(19)15(2)13-21(25,3)4)14-23-24-20(26)18-8-6-7-11-22-18/h6-14H,5H2,1-4H3,(H,24,26)/b23-14+. The van der Waals surface area contributed by atoms with Crippen molar-refractivity contribution in [3.8, 4) is 0 Å². The molecule has 0 unspecified atom stereocenters. The van der Waals surface area contributed by atoms with E-state index in [-0.39, 0.29) is 11.4 Å². The van der Waals surface area contributed by atoms with Crippen molar-refractivity contribution in [1.82, 2.24) is 10.4 Å². The molecule has 1 aromatic heterocycles. The summed E-state index contributed by atoms with van der Waals surface area (Å²) >= 11 is 0. The van der Waals surface area contributed by atoms with Crippen molar-refractivity contribution in [3.05, 3.63) is 65.5 Å². The van der Waals surface area contributed by atoms with Crippen molar-refractivity contribution in [2.75, 3.05) is 11.4 Å². The lowest BCUT2D eigenvalue weighted by molar-refractivity contribution is 0.0950. The number of rotatable bonds is 4. The molecule has 0 radical (unpaired) electrons. The highest BCUT2D eigenvalue weighted by Crippen LogP contribution is 2.38. The summed E-state index contributed by atoms with van der Waals surface area (Å²) in [5, 5.41) is 4.06. The lowest BCUT2D eigenvalue weighted by Gasteiger charge is -2.42. The normalized spacial score (nSPS) is 15.5. The fourth-order valence-corrected chi connectivity index (χ4v) is 3.48. The number of nitrogens with one attached hydrogen (secondary N) is 1. The van der Waals surface area contributed by atoms with Gasteiger partial charge in [-0.3, -0.25) is 9.78 Å². The third-order valence-electron chi connectivity index (χ3n) is 4.60. The molecule has 0 atom stereocenters. The first kappa shape index (κ1) is 17.9. The maximum atomic E-state index is 12.0. The van der Waals surface area contributed by atoms with E-state index in [1.807, 2.05) is 6.07 Å². The molecular formula is C21H24N4O. The molecule has 5 heteroatoms. The Kier molecular flexibility index (Phi) is 4.89. The number of hydrogen-bond acceptors (Lipinski definition) is 4. The van der Waals surface area contributed by atoms with Crippen LogP contribution >= 0.6 is 0 Å². The number of allylic oxidation sites excluding steroid dienone is 1. The molecule has 1 N–H and O–H groups in total. The molecule has 3 rings (SSSR count). The SMILES string of the molecule is CCN1c2ccc(/C=N/NC(=O)c3ccccn3)cc2C(C)=CC1(C)C. The van der Waals surface area contributed by atoms with Gasteiger partial charge in [0.05, 0.1) is 11.8 Å². The Morgan fingerprint density at radius 3 is 2.81 bits per heavy atom. The van der Waals surface area contributed by atoms with Crippen LogP contribution in [0.1, 0.15) is 49.3 Å². The van der Waals surface area contributed by atoms with Crippen LogP contribution in [-0.4, -0.2) is 29.2 Å². The van der Waals surface area contributed by atoms with Crippen molar-refractivity contribution in [2.24, 2.45) is 5.10 Å². The molecule has 1 amide bonds. The van der Waals surface area contributed by atoms with Gasteiger partial charge < -0.3 is 4.90 Å². The number of carbonyl (C=O) groups excluding carboxylic acids is 1. The average molecular weight is 348 g/mol. The molecule has 0 aliphatic carbocycles. The molecule has 2 aromatic rings. The molecule has 0 bridgehead atoms. The van der Waals surface area contributed by atoms with E-state index in [4.69, 9.17) is 0 Å². The fourth-order valence-electron chi connectivity index (χ4n) is 3.48. The lowest BCUT2D eigenvalue weighted by atomic mass is 9.88. The smallest absolute Gasteiger partial charge is 0.289 e. The molecule has 0 fully saturated rings. The molecule has 134 valence electrons. The second kappa shape index (κ2) is 7.12. The zero-order valence-corrected chi connectivity index (χ0v) is 15.7. The molecule has 5 nitrogen and oxygen atoms in total. The van der Waals surface area contributed by atoms with Gasteiger partial charge in [-0.1, -0.05) is 18.2 Å². The van der Waals surface area contributed by atoms with E-state index in [0.717, 1.165) is 12.1 Å². The number of hydrogen-bond donors (Lipinski definition) is 1. The number of likely N-dealkylation sites (N-methyl/N-ethyl adjacent to an activating group) is 1. The minimum atomic E-state index is -0.324. The second-order valence-electron chi connectivity index (χ2n) is 6.92. The van der Waals surface area contributed by atoms with E-state index < -0.39 is 0 Å². The number of carbonyl (C=O) groups is 1. The van der Waals surface area contributed by atoms with Gasteiger partial charge in [0, 0.05) is 24.0 Å². The van der Waals surface area contributed by atoms with Crippen LogP contribution in [0.5, 0.6) is 0 Å². The summed E-state index contributed by atoms with van der Waals surface area (Å²) in [4.78, 5) is 18.4. The van der Waals surface area contributed by atoms with E-state index in [9.17, 15) is 4.79 Å². The Hall–Kier alpha value is -2.95. The van der Waals surface area contributed by atoms with Crippen molar-refractivity contribution >= 4 is 23.4 Å². The monoisotopic (exact) mass is 348 g/mol. The van der Waals surface area contributed by atoms with Crippen LogP contribution < -0.4 is 10.3 Å². The topological polar surface area (TPSA) is 57.6 Å². The predicted octanol–water partition coefficient (Wildman–Crippen LogP) is 3.87. The maximum absolute atomic E-state index is 12.0. The maximum Gasteiger partial charge on any atom is 0.289 e. The Labute approximate surface area is 154 Å². The van der Waals surface area contributed by atoms with Crippen molar-refractivity contribution in [1.29, 1.82) is 0 Å². The summed E-state index contributed by atoms with van der Waals surface area (Å²) in [7, 11) is 0. The first-order valence-corrected chi connectivity index (χ1v) is 8.78. The number of aromatic nitrogens is 1. The predicted molar refractivity (Wildman–Crippen MR) is 106 cm³/mol. The van der Waals surface area contributed by atoms with Crippen molar-refractivity contribution in [2.45, 2.75) is 33.2 Å². The van der Waals surface area contributed by atoms with E-state index in [1.54, 1.807) is 30.6 Å². The zero-order chi connectivity index (χ0) is 18.7. The van der Waals surface area contributed by atoms with Gasteiger partial charge in [-0.15, -0.1) is 0 Å². The highest BCUT2D eigenvalue weighted by molar-refractivity contribution is 5.93. The van der Waals surface area contributed by atoms with Gasteiger partial charge in [0.1, 0.15) is 5.69 Å². The van der Waals surface area contributed by atoms with Crippen LogP contribution in [0.2, 0.25) is 0 Å². The Balaban J connectivity index is 1.79. The van der Waals surface area contributed by atoms with E-state index in [1.165, 1.54) is 16.8 Å². The van der Waals surface area contributed by atoms with Crippen LogP contribution in [0.4, 0.5) is 5.69 Å². The van der Waals surface area contributed by atoms with Gasteiger partial charge in [0.2, 0.25) is 0 Å². The first-order valence-electron chi connectivity index (χ1n) is 8.78. The number of benzene rings is 1. The van der Waals surface area contributed by atoms with Crippen LogP contribution in [0.25, 0.3) is 5.57 Å². The molecule has 2 heterocycles. The van der Waals surface area contributed by atoms with Gasteiger partial charge >= 0.3 is 0 Å². The van der Waals surface area contributed by atoms with Crippen LogP contribution in [0.15, 0.2) is 53.8 Å². The summed E-state index contributed by atoms with van der Waals surface area (Å²) in [5.41, 5.74) is 7.47. The van der Waals surface area contributed by atoms with Crippen LogP contribution in [-0.2, 0) is 0 Å². The highest BCUT2D eigenvalue weighted by Gasteiger charge is 2.29. The third kappa shape index (κ3) is 3.52.